The molecule has 0 unspecified atom stereocenters. The summed E-state index contributed by atoms with van der Waals surface area (Å²) in [5.74, 6) is 0.209. The molecule has 0 saturated heterocycles. The number of primary amides is 1. The molecule has 7 nitrogen and oxygen atoms in total. The highest BCUT2D eigenvalue weighted by atomic mass is 16.5. The molecule has 7 heteroatoms. The van der Waals surface area contributed by atoms with Crippen LogP contribution in [-0.4, -0.2) is 50.6 Å². The first-order chi connectivity index (χ1) is 13.0. The SMILES string of the molecule is COc1cc(C(=O)N(C)C2CCCCCCC2)cc(OC)c1OCC(N)=O. The van der Waals surface area contributed by atoms with Gasteiger partial charge >= 0.3 is 0 Å². The maximum atomic E-state index is 13.1. The van der Waals surface area contributed by atoms with E-state index < -0.39 is 5.91 Å². The summed E-state index contributed by atoms with van der Waals surface area (Å²) in [6.07, 6.45) is 8.08. The van der Waals surface area contributed by atoms with Crippen LogP contribution in [0.5, 0.6) is 17.2 Å². The van der Waals surface area contributed by atoms with E-state index in [2.05, 4.69) is 0 Å². The molecule has 1 aliphatic carbocycles. The predicted molar refractivity (Wildman–Crippen MR) is 102 cm³/mol. The van der Waals surface area contributed by atoms with E-state index in [1.807, 2.05) is 11.9 Å². The van der Waals surface area contributed by atoms with Crippen molar-refractivity contribution < 1.29 is 23.8 Å². The van der Waals surface area contributed by atoms with Crippen molar-refractivity contribution in [3.8, 4) is 17.2 Å². The third kappa shape index (κ3) is 5.52. The van der Waals surface area contributed by atoms with Crippen LogP contribution in [-0.2, 0) is 4.79 Å². The van der Waals surface area contributed by atoms with Gasteiger partial charge in [0, 0.05) is 18.7 Å². The highest BCUT2D eigenvalue weighted by Crippen LogP contribution is 2.39. The van der Waals surface area contributed by atoms with Crippen molar-refractivity contribution in [2.75, 3.05) is 27.9 Å². The summed E-state index contributed by atoms with van der Waals surface area (Å²) < 4.78 is 16.1. The van der Waals surface area contributed by atoms with Gasteiger partial charge in [-0.2, -0.15) is 0 Å². The Labute approximate surface area is 160 Å². The number of benzene rings is 1. The summed E-state index contributed by atoms with van der Waals surface area (Å²) in [6.45, 7) is -0.304. The van der Waals surface area contributed by atoms with Crippen molar-refractivity contribution in [2.24, 2.45) is 5.73 Å². The van der Waals surface area contributed by atoms with Crippen molar-refractivity contribution in [1.82, 2.24) is 4.90 Å². The van der Waals surface area contributed by atoms with E-state index in [1.54, 1.807) is 12.1 Å². The molecule has 1 aromatic carbocycles. The normalized spacial score (nSPS) is 15.4. The van der Waals surface area contributed by atoms with E-state index in [0.717, 1.165) is 25.7 Å². The van der Waals surface area contributed by atoms with Gasteiger partial charge in [0.1, 0.15) is 0 Å². The molecule has 27 heavy (non-hydrogen) atoms. The van der Waals surface area contributed by atoms with Gasteiger partial charge in [-0.25, -0.2) is 0 Å². The number of amides is 2. The van der Waals surface area contributed by atoms with Crippen LogP contribution in [0.4, 0.5) is 0 Å². The number of carbonyl (C=O) groups is 2. The van der Waals surface area contributed by atoms with Gasteiger partial charge in [0.2, 0.25) is 5.75 Å². The molecule has 2 N–H and O–H groups in total. The van der Waals surface area contributed by atoms with E-state index >= 15 is 0 Å². The second-order valence-corrected chi connectivity index (χ2v) is 6.88. The van der Waals surface area contributed by atoms with Gasteiger partial charge < -0.3 is 24.8 Å². The predicted octanol–water partition coefficient (Wildman–Crippen LogP) is 2.75. The van der Waals surface area contributed by atoms with E-state index in [-0.39, 0.29) is 24.3 Å². The topological polar surface area (TPSA) is 91.1 Å². The first-order valence-electron chi connectivity index (χ1n) is 9.42. The largest absolute Gasteiger partial charge is 0.493 e. The molecule has 0 spiro atoms. The molecule has 0 atom stereocenters. The molecule has 1 aromatic rings. The Morgan fingerprint density at radius 3 is 2.04 bits per heavy atom. The quantitative estimate of drug-likeness (QED) is 0.788. The van der Waals surface area contributed by atoms with Crippen molar-refractivity contribution in [3.63, 3.8) is 0 Å². The van der Waals surface area contributed by atoms with Crippen LogP contribution in [0.1, 0.15) is 55.3 Å². The molecule has 1 saturated carbocycles. The molecule has 1 aliphatic rings. The van der Waals surface area contributed by atoms with Gasteiger partial charge in [-0.05, 0) is 25.0 Å². The van der Waals surface area contributed by atoms with Crippen LogP contribution in [0, 0.1) is 0 Å². The number of hydrogen-bond donors (Lipinski definition) is 1. The third-order valence-electron chi connectivity index (χ3n) is 5.01. The van der Waals surface area contributed by atoms with Crippen molar-refractivity contribution >= 4 is 11.8 Å². The van der Waals surface area contributed by atoms with Gasteiger partial charge in [0.25, 0.3) is 11.8 Å². The standard InChI is InChI=1S/C20H30N2O5/c1-22(15-9-7-5-4-6-8-10-15)20(24)14-11-16(25-2)19(17(12-14)26-3)27-13-18(21)23/h11-12,15H,4-10,13H2,1-3H3,(H2,21,23). The van der Waals surface area contributed by atoms with Crippen LogP contribution < -0.4 is 19.9 Å². The molecule has 1 fully saturated rings. The summed E-state index contributed by atoms with van der Waals surface area (Å²) in [5.41, 5.74) is 5.60. The Kier molecular flexibility index (Phi) is 7.76. The van der Waals surface area contributed by atoms with E-state index in [1.165, 1.54) is 33.5 Å². The number of carbonyl (C=O) groups excluding carboxylic acids is 2. The van der Waals surface area contributed by atoms with E-state index in [0.29, 0.717) is 17.1 Å². The Hall–Kier alpha value is -2.44. The zero-order valence-corrected chi connectivity index (χ0v) is 16.5. The number of ether oxygens (including phenoxy) is 3. The maximum absolute atomic E-state index is 13.1. The molecule has 2 amide bonds. The summed E-state index contributed by atoms with van der Waals surface area (Å²) in [7, 11) is 4.79. The second kappa shape index (κ2) is 10.0. The van der Waals surface area contributed by atoms with E-state index in [9.17, 15) is 9.59 Å². The fraction of sp³-hybridized carbons (Fsp3) is 0.600. The molecular formula is C20H30N2O5. The monoisotopic (exact) mass is 378 g/mol. The zero-order chi connectivity index (χ0) is 19.8. The highest BCUT2D eigenvalue weighted by Gasteiger charge is 2.24. The van der Waals surface area contributed by atoms with Crippen LogP contribution in [0.2, 0.25) is 0 Å². The smallest absolute Gasteiger partial charge is 0.255 e. The van der Waals surface area contributed by atoms with Crippen molar-refractivity contribution in [3.05, 3.63) is 17.7 Å². The fourth-order valence-electron chi connectivity index (χ4n) is 3.48. The lowest BCUT2D eigenvalue weighted by molar-refractivity contribution is -0.120. The molecular weight excluding hydrogens is 348 g/mol. The fourth-order valence-corrected chi connectivity index (χ4v) is 3.48. The zero-order valence-electron chi connectivity index (χ0n) is 16.5. The molecule has 0 radical (unpaired) electrons. The molecule has 150 valence electrons. The Balaban J connectivity index is 2.25. The molecule has 0 aliphatic heterocycles. The van der Waals surface area contributed by atoms with E-state index in [4.69, 9.17) is 19.9 Å². The summed E-state index contributed by atoms with van der Waals surface area (Å²) in [5, 5.41) is 0. The maximum Gasteiger partial charge on any atom is 0.255 e. The minimum atomic E-state index is -0.608. The van der Waals surface area contributed by atoms with Gasteiger partial charge in [-0.3, -0.25) is 9.59 Å². The number of methoxy groups -OCH3 is 2. The number of hydrogen-bond acceptors (Lipinski definition) is 5. The second-order valence-electron chi connectivity index (χ2n) is 6.88. The van der Waals surface area contributed by atoms with Crippen LogP contribution in [0.15, 0.2) is 12.1 Å². The lowest BCUT2D eigenvalue weighted by Crippen LogP contribution is -2.37. The van der Waals surface area contributed by atoms with Crippen LogP contribution >= 0.6 is 0 Å². The number of rotatable bonds is 7. The molecule has 0 bridgehead atoms. The molecule has 2 rings (SSSR count). The lowest BCUT2D eigenvalue weighted by Gasteiger charge is -2.30. The van der Waals surface area contributed by atoms with Gasteiger partial charge in [-0.1, -0.05) is 32.1 Å². The van der Waals surface area contributed by atoms with Gasteiger partial charge in [0.15, 0.2) is 18.1 Å². The van der Waals surface area contributed by atoms with Gasteiger partial charge in [0.05, 0.1) is 14.2 Å². The van der Waals surface area contributed by atoms with Crippen LogP contribution in [0.25, 0.3) is 0 Å². The Morgan fingerprint density at radius 1 is 1.04 bits per heavy atom. The summed E-state index contributed by atoms with van der Waals surface area (Å²) in [6, 6.07) is 3.46. The first-order valence-corrected chi connectivity index (χ1v) is 9.42. The molecule has 0 aromatic heterocycles. The van der Waals surface area contributed by atoms with Crippen molar-refractivity contribution in [1.29, 1.82) is 0 Å². The first kappa shape index (κ1) is 20.9. The average molecular weight is 378 g/mol. The summed E-state index contributed by atoms with van der Waals surface area (Å²) in [4.78, 5) is 25.9. The third-order valence-corrected chi connectivity index (χ3v) is 5.01. The highest BCUT2D eigenvalue weighted by molar-refractivity contribution is 5.95. The number of nitrogens with two attached hydrogens (primary N) is 1. The summed E-state index contributed by atoms with van der Waals surface area (Å²) >= 11 is 0. The van der Waals surface area contributed by atoms with Gasteiger partial charge in [-0.15, -0.1) is 0 Å². The Bertz CT molecular complexity index is 629. The number of nitrogens with zero attached hydrogens (tertiary/aromatic N) is 1. The minimum Gasteiger partial charge on any atom is -0.493 e. The Morgan fingerprint density at radius 2 is 1.56 bits per heavy atom. The van der Waals surface area contributed by atoms with Crippen molar-refractivity contribution in [2.45, 2.75) is 51.0 Å². The lowest BCUT2D eigenvalue weighted by atomic mass is 9.95. The molecule has 0 heterocycles. The minimum absolute atomic E-state index is 0.0846. The average Bonchev–Trinajstić information content (AvgIpc) is 2.64. The van der Waals surface area contributed by atoms with Crippen LogP contribution in [0.3, 0.4) is 0 Å².